The monoisotopic (exact) mass is 359 g/mol. The quantitative estimate of drug-likeness (QED) is 0.821. The lowest BCUT2D eigenvalue weighted by Crippen LogP contribution is -2.37. The highest BCUT2D eigenvalue weighted by molar-refractivity contribution is 7.90. The van der Waals surface area contributed by atoms with E-state index >= 15 is 0 Å². The third-order valence-electron chi connectivity index (χ3n) is 4.53. The highest BCUT2D eigenvalue weighted by Gasteiger charge is 2.23. The van der Waals surface area contributed by atoms with Crippen molar-refractivity contribution < 1.29 is 8.42 Å². The first-order valence-electron chi connectivity index (χ1n) is 8.67. The molecule has 0 unspecified atom stereocenters. The van der Waals surface area contributed by atoms with E-state index in [0.29, 0.717) is 0 Å². The third kappa shape index (κ3) is 5.34. The van der Waals surface area contributed by atoms with Crippen molar-refractivity contribution in [3.8, 4) is 11.4 Å². The number of aryl methyl sites for hydroxylation is 1. The Hall–Kier alpha value is -1.79. The van der Waals surface area contributed by atoms with Gasteiger partial charge in [-0.15, -0.1) is 0 Å². The van der Waals surface area contributed by atoms with Crippen LogP contribution in [0, 0.1) is 12.8 Å². The molecule has 1 atom stereocenters. The van der Waals surface area contributed by atoms with Gasteiger partial charge in [0.15, 0.2) is 5.82 Å². The van der Waals surface area contributed by atoms with E-state index in [1.807, 2.05) is 24.5 Å². The zero-order valence-electron chi connectivity index (χ0n) is 14.9. The number of aromatic nitrogens is 2. The molecule has 3 rings (SSSR count). The Morgan fingerprint density at radius 3 is 2.68 bits per heavy atom. The first-order chi connectivity index (χ1) is 11.9. The van der Waals surface area contributed by atoms with Gasteiger partial charge in [0, 0.05) is 42.9 Å². The molecule has 6 heteroatoms. The van der Waals surface area contributed by atoms with Gasteiger partial charge in [-0.05, 0) is 38.3 Å². The molecule has 5 nitrogen and oxygen atoms in total. The Labute approximate surface area is 150 Å². The van der Waals surface area contributed by atoms with E-state index < -0.39 is 9.84 Å². The fourth-order valence-electron chi connectivity index (χ4n) is 3.49. The van der Waals surface area contributed by atoms with Crippen molar-refractivity contribution in [3.63, 3.8) is 0 Å². The van der Waals surface area contributed by atoms with Crippen LogP contribution < -0.4 is 0 Å². The summed E-state index contributed by atoms with van der Waals surface area (Å²) in [6.07, 6.45) is 7.12. The zero-order valence-corrected chi connectivity index (χ0v) is 15.7. The van der Waals surface area contributed by atoms with Crippen molar-refractivity contribution in [1.29, 1.82) is 0 Å². The van der Waals surface area contributed by atoms with E-state index in [1.54, 1.807) is 0 Å². The fourth-order valence-corrected chi connectivity index (χ4v) is 4.62. The van der Waals surface area contributed by atoms with E-state index in [-0.39, 0.29) is 11.7 Å². The predicted molar refractivity (Wildman–Crippen MR) is 99.9 cm³/mol. The first-order valence-corrected chi connectivity index (χ1v) is 10.7. The third-order valence-corrected chi connectivity index (χ3v) is 5.61. The molecule has 1 aromatic heterocycles. The minimum Gasteiger partial charge on any atom is -0.299 e. The zero-order chi connectivity index (χ0) is 17.9. The minimum atomic E-state index is -2.91. The Morgan fingerprint density at radius 2 is 2.00 bits per heavy atom. The summed E-state index contributed by atoms with van der Waals surface area (Å²) in [5.41, 5.74) is 3.28. The average molecular weight is 359 g/mol. The maximum absolute atomic E-state index is 11.5. The van der Waals surface area contributed by atoms with E-state index in [4.69, 9.17) is 0 Å². The van der Waals surface area contributed by atoms with E-state index in [9.17, 15) is 8.42 Å². The topological polar surface area (TPSA) is 63.2 Å². The van der Waals surface area contributed by atoms with Crippen LogP contribution >= 0.6 is 0 Å². The summed E-state index contributed by atoms with van der Waals surface area (Å²) in [5.74, 6) is 1.25. The van der Waals surface area contributed by atoms with Crippen molar-refractivity contribution in [2.75, 3.05) is 25.1 Å². The SMILES string of the molecule is Cc1cccc(-c2ncc(CN3CCC[C@H](CS(C)(=O)=O)C3)cn2)c1. The summed E-state index contributed by atoms with van der Waals surface area (Å²) in [6.45, 7) is 4.65. The molecule has 1 fully saturated rings. The van der Waals surface area contributed by atoms with Crippen LogP contribution in [0.1, 0.15) is 24.0 Å². The van der Waals surface area contributed by atoms with Crippen molar-refractivity contribution >= 4 is 9.84 Å². The molecule has 1 aliphatic rings. The summed E-state index contributed by atoms with van der Waals surface area (Å²) in [6, 6.07) is 8.16. The standard InChI is InChI=1S/C19H25N3O2S/c1-15-5-3-7-18(9-15)19-20-10-17(11-21-19)13-22-8-4-6-16(12-22)14-25(2,23)24/h3,5,7,9-11,16H,4,6,8,12-14H2,1-2H3/t16-/m0/s1. The molecular weight excluding hydrogens is 334 g/mol. The highest BCUT2D eigenvalue weighted by atomic mass is 32.2. The smallest absolute Gasteiger partial charge is 0.159 e. The van der Waals surface area contributed by atoms with E-state index in [2.05, 4.69) is 33.9 Å². The molecule has 1 saturated heterocycles. The van der Waals surface area contributed by atoms with Crippen molar-refractivity contribution in [2.24, 2.45) is 5.92 Å². The molecule has 0 radical (unpaired) electrons. The second-order valence-electron chi connectivity index (χ2n) is 7.12. The molecule has 1 aliphatic heterocycles. The van der Waals surface area contributed by atoms with Gasteiger partial charge in [0.2, 0.25) is 0 Å². The number of nitrogens with zero attached hydrogens (tertiary/aromatic N) is 3. The number of hydrogen-bond acceptors (Lipinski definition) is 5. The van der Waals surface area contributed by atoms with Crippen LogP contribution in [0.4, 0.5) is 0 Å². The van der Waals surface area contributed by atoms with Crippen LogP contribution in [-0.4, -0.2) is 48.4 Å². The maximum Gasteiger partial charge on any atom is 0.159 e. The molecule has 0 bridgehead atoms. The second-order valence-corrected chi connectivity index (χ2v) is 9.31. The first kappa shape index (κ1) is 18.0. The summed E-state index contributed by atoms with van der Waals surface area (Å²) in [7, 11) is -2.91. The van der Waals surface area contributed by atoms with Crippen molar-refractivity contribution in [3.05, 3.63) is 47.8 Å². The lowest BCUT2D eigenvalue weighted by atomic mass is 10.00. The van der Waals surface area contributed by atoms with Crippen LogP contribution in [-0.2, 0) is 16.4 Å². The summed E-state index contributed by atoms with van der Waals surface area (Å²) in [4.78, 5) is 11.3. The lowest BCUT2D eigenvalue weighted by Gasteiger charge is -2.32. The van der Waals surface area contributed by atoms with Gasteiger partial charge in [0.1, 0.15) is 9.84 Å². The van der Waals surface area contributed by atoms with Crippen LogP contribution in [0.3, 0.4) is 0 Å². The van der Waals surface area contributed by atoms with Gasteiger partial charge in [-0.3, -0.25) is 4.90 Å². The molecule has 0 aliphatic carbocycles. The Bertz CT molecular complexity index is 819. The van der Waals surface area contributed by atoms with Gasteiger partial charge in [-0.1, -0.05) is 23.8 Å². The Kier molecular flexibility index (Phi) is 5.49. The van der Waals surface area contributed by atoms with Gasteiger partial charge >= 0.3 is 0 Å². The van der Waals surface area contributed by atoms with Gasteiger partial charge in [0.25, 0.3) is 0 Å². The van der Waals surface area contributed by atoms with Crippen LogP contribution in [0.15, 0.2) is 36.7 Å². The molecule has 2 heterocycles. The second kappa shape index (κ2) is 7.62. The molecular formula is C19H25N3O2S. The number of likely N-dealkylation sites (tertiary alicyclic amines) is 1. The van der Waals surface area contributed by atoms with Crippen molar-refractivity contribution in [1.82, 2.24) is 14.9 Å². The molecule has 2 aromatic rings. The summed E-state index contributed by atoms with van der Waals surface area (Å²) in [5, 5.41) is 0. The maximum atomic E-state index is 11.5. The summed E-state index contributed by atoms with van der Waals surface area (Å²) < 4.78 is 23.0. The van der Waals surface area contributed by atoms with Gasteiger partial charge in [-0.25, -0.2) is 18.4 Å². The summed E-state index contributed by atoms with van der Waals surface area (Å²) >= 11 is 0. The average Bonchev–Trinajstić information content (AvgIpc) is 2.54. The number of hydrogen-bond donors (Lipinski definition) is 0. The van der Waals surface area contributed by atoms with Crippen molar-refractivity contribution in [2.45, 2.75) is 26.3 Å². The molecule has 134 valence electrons. The predicted octanol–water partition coefficient (Wildman–Crippen LogP) is 2.71. The molecule has 0 saturated carbocycles. The molecule has 0 amide bonds. The number of sulfone groups is 1. The lowest BCUT2D eigenvalue weighted by molar-refractivity contribution is 0.177. The van der Waals surface area contributed by atoms with E-state index in [0.717, 1.165) is 49.4 Å². The molecule has 0 spiro atoms. The van der Waals surface area contributed by atoms with Crippen LogP contribution in [0.2, 0.25) is 0 Å². The van der Waals surface area contributed by atoms with Gasteiger partial charge in [-0.2, -0.15) is 0 Å². The number of piperidine rings is 1. The minimum absolute atomic E-state index is 0.233. The molecule has 0 N–H and O–H groups in total. The van der Waals surface area contributed by atoms with Crippen LogP contribution in [0.5, 0.6) is 0 Å². The largest absolute Gasteiger partial charge is 0.299 e. The number of rotatable bonds is 5. The normalized spacial score (nSPS) is 19.0. The highest BCUT2D eigenvalue weighted by Crippen LogP contribution is 2.20. The van der Waals surface area contributed by atoms with Crippen LogP contribution in [0.25, 0.3) is 11.4 Å². The van der Waals surface area contributed by atoms with E-state index in [1.165, 1.54) is 11.8 Å². The van der Waals surface area contributed by atoms with Gasteiger partial charge < -0.3 is 0 Å². The molecule has 1 aromatic carbocycles. The fraction of sp³-hybridized carbons (Fsp3) is 0.474. The Morgan fingerprint density at radius 1 is 1.24 bits per heavy atom. The number of benzene rings is 1. The van der Waals surface area contributed by atoms with Gasteiger partial charge in [0.05, 0.1) is 5.75 Å². The Balaban J connectivity index is 1.63. The molecule has 25 heavy (non-hydrogen) atoms.